The molecule has 0 atom stereocenters. The van der Waals surface area contributed by atoms with Gasteiger partial charge >= 0.3 is 0 Å². The summed E-state index contributed by atoms with van der Waals surface area (Å²) in [6.45, 7) is 9.81. The smallest absolute Gasteiger partial charge is 0.224 e. The Hall–Kier alpha value is -1.07. The first-order valence-corrected chi connectivity index (χ1v) is 6.76. The minimum absolute atomic E-state index is 0.240. The van der Waals surface area contributed by atoms with E-state index in [0.717, 1.165) is 18.9 Å². The average Bonchev–Trinajstić information content (AvgIpc) is 2.25. The molecule has 1 N–H and O–H groups in total. The van der Waals surface area contributed by atoms with Crippen molar-refractivity contribution in [3.8, 4) is 0 Å². The van der Waals surface area contributed by atoms with Gasteiger partial charge in [0.1, 0.15) is 5.02 Å². The molecule has 106 valence electrons. The van der Waals surface area contributed by atoms with Gasteiger partial charge in [-0.3, -0.25) is 0 Å². The predicted octanol–water partition coefficient (Wildman–Crippen LogP) is 2.57. The Labute approximate surface area is 119 Å². The average molecular weight is 285 g/mol. The number of rotatable bonds is 2. The van der Waals surface area contributed by atoms with Gasteiger partial charge in [-0.2, -0.15) is 4.98 Å². The van der Waals surface area contributed by atoms with Crippen LogP contribution in [-0.2, 0) is 4.74 Å². The van der Waals surface area contributed by atoms with Gasteiger partial charge in [-0.25, -0.2) is 4.98 Å². The number of nitrogens with one attached hydrogen (secondary N) is 1. The summed E-state index contributed by atoms with van der Waals surface area (Å²) in [6.07, 6.45) is 1.63. The van der Waals surface area contributed by atoms with Crippen molar-refractivity contribution in [3.63, 3.8) is 0 Å². The molecule has 2 heterocycles. The van der Waals surface area contributed by atoms with E-state index in [1.165, 1.54) is 0 Å². The first kappa shape index (κ1) is 14.3. The van der Waals surface area contributed by atoms with Gasteiger partial charge in [0.25, 0.3) is 0 Å². The fraction of sp³-hybridized carbons (Fsp3) is 0.692. The fourth-order valence-electron chi connectivity index (χ4n) is 2.64. The molecule has 19 heavy (non-hydrogen) atoms. The van der Waals surface area contributed by atoms with Crippen LogP contribution in [0.1, 0.15) is 27.7 Å². The highest BCUT2D eigenvalue weighted by Crippen LogP contribution is 2.33. The van der Waals surface area contributed by atoms with E-state index in [1.54, 1.807) is 13.2 Å². The molecule has 0 bridgehead atoms. The lowest BCUT2D eigenvalue weighted by Crippen LogP contribution is -2.57. The molecule has 1 aliphatic heterocycles. The van der Waals surface area contributed by atoms with Crippen LogP contribution in [0.3, 0.4) is 0 Å². The lowest BCUT2D eigenvalue weighted by Gasteiger charge is -2.47. The molecule has 0 aliphatic carbocycles. The van der Waals surface area contributed by atoms with Gasteiger partial charge in [0.2, 0.25) is 5.95 Å². The first-order chi connectivity index (χ1) is 8.72. The number of hydrogen-bond donors (Lipinski definition) is 1. The van der Waals surface area contributed by atoms with Gasteiger partial charge in [0, 0.05) is 20.1 Å². The van der Waals surface area contributed by atoms with E-state index < -0.39 is 0 Å². The second-order valence-corrected chi connectivity index (χ2v) is 6.50. The summed E-state index contributed by atoms with van der Waals surface area (Å²) < 4.78 is 6.07. The zero-order valence-electron chi connectivity index (χ0n) is 12.1. The summed E-state index contributed by atoms with van der Waals surface area (Å²) in [5, 5.41) is 3.50. The SMILES string of the molecule is CNc1ncc(Cl)c(N2CC(C)(C)OC(C)(C)C2)n1. The van der Waals surface area contributed by atoms with Crippen LogP contribution in [0.4, 0.5) is 11.8 Å². The van der Waals surface area contributed by atoms with Crippen LogP contribution in [0.25, 0.3) is 0 Å². The topological polar surface area (TPSA) is 50.3 Å². The third-order valence-corrected chi connectivity index (χ3v) is 3.21. The Kier molecular flexibility index (Phi) is 3.62. The van der Waals surface area contributed by atoms with E-state index in [1.807, 2.05) is 0 Å². The van der Waals surface area contributed by atoms with Crippen molar-refractivity contribution >= 4 is 23.4 Å². The number of halogens is 1. The van der Waals surface area contributed by atoms with E-state index in [0.29, 0.717) is 11.0 Å². The van der Waals surface area contributed by atoms with Crippen LogP contribution < -0.4 is 10.2 Å². The molecular formula is C13H21ClN4O. The Bertz CT molecular complexity index is 460. The molecular weight excluding hydrogens is 264 g/mol. The number of hydrogen-bond acceptors (Lipinski definition) is 5. The summed E-state index contributed by atoms with van der Waals surface area (Å²) >= 11 is 6.24. The summed E-state index contributed by atoms with van der Waals surface area (Å²) in [7, 11) is 1.79. The Morgan fingerprint density at radius 2 is 1.84 bits per heavy atom. The van der Waals surface area contributed by atoms with Crippen LogP contribution in [0.2, 0.25) is 5.02 Å². The number of anilines is 2. The third-order valence-electron chi connectivity index (χ3n) is 2.94. The molecule has 6 heteroatoms. The molecule has 1 fully saturated rings. The molecule has 1 aromatic rings. The highest BCUT2D eigenvalue weighted by Gasteiger charge is 2.39. The van der Waals surface area contributed by atoms with Gasteiger partial charge < -0.3 is 15.0 Å². The molecule has 1 saturated heterocycles. The second kappa shape index (κ2) is 4.80. The maximum Gasteiger partial charge on any atom is 0.224 e. The van der Waals surface area contributed by atoms with Crippen LogP contribution in [0, 0.1) is 0 Å². The molecule has 1 aromatic heterocycles. The number of nitrogens with zero attached hydrogens (tertiary/aromatic N) is 3. The van der Waals surface area contributed by atoms with Crippen LogP contribution >= 0.6 is 11.6 Å². The zero-order valence-corrected chi connectivity index (χ0v) is 12.9. The minimum atomic E-state index is -0.240. The van der Waals surface area contributed by atoms with Crippen molar-refractivity contribution < 1.29 is 4.74 Å². The van der Waals surface area contributed by atoms with Crippen molar-refractivity contribution in [2.24, 2.45) is 0 Å². The van der Waals surface area contributed by atoms with Gasteiger partial charge in [0.05, 0.1) is 17.4 Å². The zero-order chi connectivity index (χ0) is 14.3. The summed E-state index contributed by atoms with van der Waals surface area (Å²) in [6, 6.07) is 0. The van der Waals surface area contributed by atoms with E-state index >= 15 is 0 Å². The lowest BCUT2D eigenvalue weighted by atomic mass is 9.99. The minimum Gasteiger partial charge on any atom is -0.366 e. The van der Waals surface area contributed by atoms with Gasteiger partial charge in [0.15, 0.2) is 5.82 Å². The van der Waals surface area contributed by atoms with E-state index in [-0.39, 0.29) is 11.2 Å². The quantitative estimate of drug-likeness (QED) is 0.904. The molecule has 0 spiro atoms. The van der Waals surface area contributed by atoms with Gasteiger partial charge in [-0.15, -0.1) is 0 Å². The number of ether oxygens (including phenoxy) is 1. The lowest BCUT2D eigenvalue weighted by molar-refractivity contribution is -0.133. The standard InChI is InChI=1S/C13H21ClN4O/c1-12(2)7-18(8-13(3,4)19-12)10-9(14)6-16-11(15-5)17-10/h6H,7-8H2,1-5H3,(H,15,16,17). The molecule has 0 radical (unpaired) electrons. The Balaban J connectivity index is 2.35. The van der Waals surface area contributed by atoms with E-state index in [4.69, 9.17) is 16.3 Å². The maximum absolute atomic E-state index is 6.24. The molecule has 0 unspecified atom stereocenters. The van der Waals surface area contributed by atoms with Crippen molar-refractivity contribution in [2.45, 2.75) is 38.9 Å². The molecule has 1 aliphatic rings. The van der Waals surface area contributed by atoms with Crippen molar-refractivity contribution in [3.05, 3.63) is 11.2 Å². The van der Waals surface area contributed by atoms with E-state index in [2.05, 4.69) is 47.9 Å². The van der Waals surface area contributed by atoms with Gasteiger partial charge in [-0.1, -0.05) is 11.6 Å². The predicted molar refractivity (Wildman–Crippen MR) is 78.0 cm³/mol. The van der Waals surface area contributed by atoms with Crippen molar-refractivity contribution in [2.75, 3.05) is 30.4 Å². The maximum atomic E-state index is 6.24. The first-order valence-electron chi connectivity index (χ1n) is 6.38. The third kappa shape index (κ3) is 3.28. The van der Waals surface area contributed by atoms with Crippen molar-refractivity contribution in [1.29, 1.82) is 0 Å². The van der Waals surface area contributed by atoms with Crippen LogP contribution in [0.15, 0.2) is 6.20 Å². The Morgan fingerprint density at radius 1 is 1.26 bits per heavy atom. The van der Waals surface area contributed by atoms with Crippen LogP contribution in [0.5, 0.6) is 0 Å². The summed E-state index contributed by atoms with van der Waals surface area (Å²) in [5.74, 6) is 1.33. The monoisotopic (exact) mass is 284 g/mol. The molecule has 5 nitrogen and oxygen atoms in total. The summed E-state index contributed by atoms with van der Waals surface area (Å²) in [5.41, 5.74) is -0.480. The Morgan fingerprint density at radius 3 is 2.37 bits per heavy atom. The molecule has 0 amide bonds. The van der Waals surface area contributed by atoms with Crippen molar-refractivity contribution in [1.82, 2.24) is 9.97 Å². The normalized spacial score (nSPS) is 21.3. The van der Waals surface area contributed by atoms with Crippen LogP contribution in [-0.4, -0.2) is 41.3 Å². The molecule has 0 saturated carbocycles. The highest BCUT2D eigenvalue weighted by molar-refractivity contribution is 6.32. The fourth-order valence-corrected chi connectivity index (χ4v) is 2.85. The molecule has 2 rings (SSSR count). The highest BCUT2D eigenvalue weighted by atomic mass is 35.5. The largest absolute Gasteiger partial charge is 0.366 e. The van der Waals surface area contributed by atoms with E-state index in [9.17, 15) is 0 Å². The number of morpholine rings is 1. The molecule has 0 aromatic carbocycles. The van der Waals surface area contributed by atoms with Gasteiger partial charge in [-0.05, 0) is 27.7 Å². The number of aromatic nitrogens is 2. The second-order valence-electron chi connectivity index (χ2n) is 6.09. The summed E-state index contributed by atoms with van der Waals surface area (Å²) in [4.78, 5) is 10.7.